The fourth-order valence-electron chi connectivity index (χ4n) is 2.87. The van der Waals surface area contributed by atoms with Gasteiger partial charge in [-0.05, 0) is 79.0 Å². The smallest absolute Gasteiger partial charge is 0.119 e. The molecule has 1 aromatic carbocycles. The molecule has 129 valence electrons. The van der Waals surface area contributed by atoms with Crippen LogP contribution in [0, 0.1) is 6.92 Å². The number of aryl methyl sites for hydroxylation is 2. The molecular weight excluding hydrogens is 328 g/mol. The number of nitrogens with zero attached hydrogens (tertiary/aromatic N) is 2. The standard InChI is InChI=1S/C21H23N2OS/c1-3-13-25-21-14-16(9-11-23-21)5-4-6-17-10-12-22-20-8-7-18(24-2)15-19(17)20/h7-12,14-15H,1,3-6,13H2,2H3. The molecule has 3 nitrogen and oxygen atoms in total. The van der Waals surface area contributed by atoms with Gasteiger partial charge in [-0.15, -0.1) is 11.8 Å². The lowest BCUT2D eigenvalue weighted by molar-refractivity contribution is 0.415. The van der Waals surface area contributed by atoms with E-state index in [9.17, 15) is 0 Å². The van der Waals surface area contributed by atoms with E-state index in [1.54, 1.807) is 18.9 Å². The number of thioether (sulfide) groups is 1. The van der Waals surface area contributed by atoms with E-state index in [1.165, 1.54) is 16.5 Å². The minimum atomic E-state index is 0.878. The summed E-state index contributed by atoms with van der Waals surface area (Å²) in [6.07, 6.45) is 7.90. The number of benzene rings is 1. The molecule has 0 aliphatic carbocycles. The van der Waals surface area contributed by atoms with Crippen LogP contribution in [0.15, 0.2) is 53.8 Å². The minimum Gasteiger partial charge on any atom is -0.497 e. The molecule has 4 heteroatoms. The number of hydrogen-bond acceptors (Lipinski definition) is 4. The highest BCUT2D eigenvalue weighted by Crippen LogP contribution is 2.24. The average molecular weight is 351 g/mol. The molecule has 0 N–H and O–H groups in total. The summed E-state index contributed by atoms with van der Waals surface area (Å²) in [7, 11) is 1.70. The van der Waals surface area contributed by atoms with Gasteiger partial charge in [0.1, 0.15) is 5.75 Å². The summed E-state index contributed by atoms with van der Waals surface area (Å²) in [5.41, 5.74) is 3.69. The number of fused-ring (bicyclic) bond motifs is 1. The number of rotatable bonds is 8. The fraction of sp³-hybridized carbons (Fsp3) is 0.286. The van der Waals surface area contributed by atoms with Crippen molar-refractivity contribution in [2.45, 2.75) is 30.7 Å². The molecule has 0 spiro atoms. The first kappa shape index (κ1) is 17.7. The Morgan fingerprint density at radius 2 is 1.92 bits per heavy atom. The van der Waals surface area contributed by atoms with Gasteiger partial charge >= 0.3 is 0 Å². The quantitative estimate of drug-likeness (QED) is 0.527. The van der Waals surface area contributed by atoms with Gasteiger partial charge in [0.05, 0.1) is 17.7 Å². The fourth-order valence-corrected chi connectivity index (χ4v) is 3.60. The van der Waals surface area contributed by atoms with Gasteiger partial charge in [0, 0.05) is 17.8 Å². The van der Waals surface area contributed by atoms with Crippen LogP contribution in [0.3, 0.4) is 0 Å². The van der Waals surface area contributed by atoms with Crippen LogP contribution >= 0.6 is 11.8 Å². The molecule has 3 rings (SSSR count). The highest BCUT2D eigenvalue weighted by atomic mass is 32.2. The van der Waals surface area contributed by atoms with E-state index >= 15 is 0 Å². The van der Waals surface area contributed by atoms with E-state index in [0.29, 0.717) is 0 Å². The molecule has 0 saturated heterocycles. The van der Waals surface area contributed by atoms with Crippen molar-refractivity contribution in [3.05, 3.63) is 66.8 Å². The maximum Gasteiger partial charge on any atom is 0.119 e. The van der Waals surface area contributed by atoms with Crippen LogP contribution in [0.1, 0.15) is 24.0 Å². The Labute approximate surface area is 153 Å². The monoisotopic (exact) mass is 351 g/mol. The lowest BCUT2D eigenvalue weighted by atomic mass is 10.0. The first-order chi connectivity index (χ1) is 12.3. The van der Waals surface area contributed by atoms with Crippen molar-refractivity contribution in [1.82, 2.24) is 9.97 Å². The van der Waals surface area contributed by atoms with Crippen LogP contribution in [-0.4, -0.2) is 22.8 Å². The van der Waals surface area contributed by atoms with E-state index in [-0.39, 0.29) is 0 Å². The van der Waals surface area contributed by atoms with Crippen LogP contribution < -0.4 is 4.74 Å². The lowest BCUT2D eigenvalue weighted by Gasteiger charge is -2.08. The summed E-state index contributed by atoms with van der Waals surface area (Å²) in [5.74, 6) is 1.89. The van der Waals surface area contributed by atoms with Crippen molar-refractivity contribution in [2.24, 2.45) is 0 Å². The van der Waals surface area contributed by atoms with Gasteiger partial charge in [-0.25, -0.2) is 4.98 Å². The van der Waals surface area contributed by atoms with Crippen molar-refractivity contribution < 1.29 is 4.74 Å². The minimum absolute atomic E-state index is 0.878. The maximum atomic E-state index is 5.35. The van der Waals surface area contributed by atoms with E-state index in [2.05, 4.69) is 41.2 Å². The summed E-state index contributed by atoms with van der Waals surface area (Å²) < 4.78 is 5.35. The van der Waals surface area contributed by atoms with E-state index < -0.39 is 0 Å². The van der Waals surface area contributed by atoms with Gasteiger partial charge in [-0.3, -0.25) is 4.98 Å². The predicted molar refractivity (Wildman–Crippen MR) is 105 cm³/mol. The first-order valence-electron chi connectivity index (χ1n) is 8.59. The van der Waals surface area contributed by atoms with Crippen molar-refractivity contribution in [3.63, 3.8) is 0 Å². The number of methoxy groups -OCH3 is 1. The molecule has 0 unspecified atom stereocenters. The molecule has 1 radical (unpaired) electrons. The Morgan fingerprint density at radius 3 is 2.76 bits per heavy atom. The van der Waals surface area contributed by atoms with Crippen LogP contribution in [0.4, 0.5) is 0 Å². The second-order valence-corrected chi connectivity index (χ2v) is 7.03. The Morgan fingerprint density at radius 1 is 1.04 bits per heavy atom. The zero-order chi connectivity index (χ0) is 17.5. The molecule has 0 atom stereocenters. The molecule has 0 aliphatic heterocycles. The SMILES string of the molecule is [CH2]CCSc1cc(CCCc2ccnc3ccc(OC)cc23)ccn1. The second-order valence-electron chi connectivity index (χ2n) is 5.91. The molecule has 0 bridgehead atoms. The van der Waals surface area contributed by atoms with Gasteiger partial charge in [-0.1, -0.05) is 6.92 Å². The summed E-state index contributed by atoms with van der Waals surface area (Å²) >= 11 is 1.77. The highest BCUT2D eigenvalue weighted by Gasteiger charge is 2.05. The third kappa shape index (κ3) is 4.73. The molecule has 0 saturated carbocycles. The van der Waals surface area contributed by atoms with E-state index in [0.717, 1.165) is 47.7 Å². The summed E-state index contributed by atoms with van der Waals surface area (Å²) in [4.78, 5) is 8.87. The van der Waals surface area contributed by atoms with Crippen molar-refractivity contribution >= 4 is 22.7 Å². The van der Waals surface area contributed by atoms with Crippen LogP contribution in [0.2, 0.25) is 0 Å². The molecule has 0 aliphatic rings. The average Bonchev–Trinajstić information content (AvgIpc) is 2.66. The van der Waals surface area contributed by atoms with Crippen LogP contribution in [0.25, 0.3) is 10.9 Å². The normalized spacial score (nSPS) is 11.0. The van der Waals surface area contributed by atoms with Gasteiger partial charge in [0.2, 0.25) is 0 Å². The summed E-state index contributed by atoms with van der Waals surface area (Å²) in [6, 6.07) is 12.5. The topological polar surface area (TPSA) is 35.0 Å². The van der Waals surface area contributed by atoms with Gasteiger partial charge in [-0.2, -0.15) is 0 Å². The van der Waals surface area contributed by atoms with E-state index in [4.69, 9.17) is 4.74 Å². The van der Waals surface area contributed by atoms with Crippen LogP contribution in [-0.2, 0) is 12.8 Å². The third-order valence-corrected chi connectivity index (χ3v) is 5.16. The van der Waals surface area contributed by atoms with E-state index in [1.807, 2.05) is 24.5 Å². The Balaban J connectivity index is 1.67. The zero-order valence-electron chi connectivity index (χ0n) is 14.6. The molecule has 0 amide bonds. The molecule has 2 heterocycles. The van der Waals surface area contributed by atoms with Crippen LogP contribution in [0.5, 0.6) is 5.75 Å². The lowest BCUT2D eigenvalue weighted by Crippen LogP contribution is -1.94. The molecular formula is C21H23N2OS. The maximum absolute atomic E-state index is 5.35. The Hall–Kier alpha value is -2.07. The number of ether oxygens (including phenoxy) is 1. The largest absolute Gasteiger partial charge is 0.497 e. The molecule has 0 fully saturated rings. The van der Waals surface area contributed by atoms with Crippen molar-refractivity contribution in [3.8, 4) is 5.75 Å². The third-order valence-electron chi connectivity index (χ3n) is 4.14. The van der Waals surface area contributed by atoms with Crippen molar-refractivity contribution in [1.29, 1.82) is 0 Å². The predicted octanol–water partition coefficient (Wildman–Crippen LogP) is 5.13. The number of pyridine rings is 2. The second kappa shape index (κ2) is 8.86. The van der Waals surface area contributed by atoms with Gasteiger partial charge in [0.25, 0.3) is 0 Å². The Kier molecular flexibility index (Phi) is 6.29. The van der Waals surface area contributed by atoms with Gasteiger partial charge in [0.15, 0.2) is 0 Å². The first-order valence-corrected chi connectivity index (χ1v) is 9.57. The summed E-state index contributed by atoms with van der Waals surface area (Å²) in [6.45, 7) is 3.88. The number of hydrogen-bond donors (Lipinski definition) is 0. The highest BCUT2D eigenvalue weighted by molar-refractivity contribution is 7.99. The molecule has 25 heavy (non-hydrogen) atoms. The number of aromatic nitrogens is 2. The zero-order valence-corrected chi connectivity index (χ0v) is 15.4. The van der Waals surface area contributed by atoms with Gasteiger partial charge < -0.3 is 4.74 Å². The molecule has 2 aromatic heterocycles. The summed E-state index contributed by atoms with van der Waals surface area (Å²) in [5, 5.41) is 2.28. The molecule has 3 aromatic rings. The Bertz CT molecular complexity index is 835. The van der Waals surface area contributed by atoms with Crippen molar-refractivity contribution in [2.75, 3.05) is 12.9 Å².